The van der Waals surface area contributed by atoms with Crippen molar-refractivity contribution >= 4 is 17.5 Å². The van der Waals surface area contributed by atoms with Gasteiger partial charge in [-0.25, -0.2) is 0 Å². The molecule has 6 heteroatoms. The molecule has 2 aromatic rings. The first kappa shape index (κ1) is 13.3. The zero-order valence-corrected chi connectivity index (χ0v) is 11.0. The van der Waals surface area contributed by atoms with E-state index in [2.05, 4.69) is 15.5 Å². The van der Waals surface area contributed by atoms with Gasteiger partial charge in [-0.15, -0.1) is 10.2 Å². The highest BCUT2D eigenvalue weighted by molar-refractivity contribution is 6.29. The van der Waals surface area contributed by atoms with E-state index >= 15 is 0 Å². The van der Waals surface area contributed by atoms with Crippen LogP contribution in [-0.2, 0) is 6.54 Å². The smallest absolute Gasteiger partial charge is 0.272 e. The van der Waals surface area contributed by atoms with Crippen LogP contribution in [0.3, 0.4) is 0 Å². The molecule has 1 aromatic carbocycles. The predicted molar refractivity (Wildman–Crippen MR) is 71.2 cm³/mol. The third-order valence-corrected chi connectivity index (χ3v) is 2.65. The minimum absolute atomic E-state index is 0.229. The normalized spacial score (nSPS) is 10.0. The summed E-state index contributed by atoms with van der Waals surface area (Å²) >= 11 is 5.60. The number of hydrogen-bond acceptors (Lipinski definition) is 4. The van der Waals surface area contributed by atoms with Crippen molar-refractivity contribution in [2.75, 3.05) is 7.11 Å². The van der Waals surface area contributed by atoms with Gasteiger partial charge >= 0.3 is 0 Å². The Bertz CT molecular complexity index is 572. The van der Waals surface area contributed by atoms with Crippen LogP contribution in [-0.4, -0.2) is 23.2 Å². The number of rotatable bonds is 4. The molecule has 0 fully saturated rings. The summed E-state index contributed by atoms with van der Waals surface area (Å²) in [5, 5.41) is 10.3. The number of nitrogens with one attached hydrogen (secondary N) is 1. The van der Waals surface area contributed by atoms with E-state index in [1.807, 2.05) is 24.3 Å². The molecule has 0 spiro atoms. The van der Waals surface area contributed by atoms with Gasteiger partial charge in [0.05, 0.1) is 7.11 Å². The van der Waals surface area contributed by atoms with E-state index in [-0.39, 0.29) is 16.8 Å². The van der Waals surface area contributed by atoms with Gasteiger partial charge in [0.25, 0.3) is 5.91 Å². The molecule has 1 amide bonds. The van der Waals surface area contributed by atoms with Crippen molar-refractivity contribution in [1.82, 2.24) is 15.5 Å². The van der Waals surface area contributed by atoms with Crippen molar-refractivity contribution in [1.29, 1.82) is 0 Å². The highest BCUT2D eigenvalue weighted by atomic mass is 35.5. The summed E-state index contributed by atoms with van der Waals surface area (Å²) in [7, 11) is 1.60. The summed E-state index contributed by atoms with van der Waals surface area (Å²) < 4.78 is 5.11. The highest BCUT2D eigenvalue weighted by Gasteiger charge is 2.07. The van der Waals surface area contributed by atoms with Crippen molar-refractivity contribution < 1.29 is 9.53 Å². The maximum Gasteiger partial charge on any atom is 0.272 e. The van der Waals surface area contributed by atoms with Crippen LogP contribution in [0.5, 0.6) is 5.75 Å². The van der Waals surface area contributed by atoms with Crippen molar-refractivity contribution in [3.8, 4) is 5.75 Å². The lowest BCUT2D eigenvalue weighted by Crippen LogP contribution is -2.24. The SMILES string of the molecule is COc1cccc(CNC(=O)c2ccc(Cl)nn2)c1. The summed E-state index contributed by atoms with van der Waals surface area (Å²) in [5.41, 5.74) is 1.17. The van der Waals surface area contributed by atoms with Crippen molar-refractivity contribution in [3.05, 3.63) is 52.8 Å². The van der Waals surface area contributed by atoms with Crippen LogP contribution in [0.4, 0.5) is 0 Å². The fourth-order valence-electron chi connectivity index (χ4n) is 1.49. The van der Waals surface area contributed by atoms with Crippen molar-refractivity contribution in [2.45, 2.75) is 6.54 Å². The largest absolute Gasteiger partial charge is 0.497 e. The first-order chi connectivity index (χ1) is 9.19. The molecule has 1 heterocycles. The average molecular weight is 278 g/mol. The molecule has 0 aliphatic rings. The molecule has 2 rings (SSSR count). The van der Waals surface area contributed by atoms with Crippen LogP contribution in [0.2, 0.25) is 5.15 Å². The molecule has 0 aliphatic heterocycles. The van der Waals surface area contributed by atoms with E-state index in [1.165, 1.54) is 12.1 Å². The van der Waals surface area contributed by atoms with Crippen LogP contribution in [0, 0.1) is 0 Å². The third-order valence-electron chi connectivity index (χ3n) is 2.45. The number of ether oxygens (including phenoxy) is 1. The number of hydrogen-bond donors (Lipinski definition) is 1. The third kappa shape index (κ3) is 3.66. The number of amides is 1. The number of nitrogens with zero attached hydrogens (tertiary/aromatic N) is 2. The molecular formula is C13H12ClN3O2. The lowest BCUT2D eigenvalue weighted by atomic mass is 10.2. The van der Waals surface area contributed by atoms with Crippen LogP contribution in [0.15, 0.2) is 36.4 Å². The zero-order valence-electron chi connectivity index (χ0n) is 10.3. The van der Waals surface area contributed by atoms with Gasteiger partial charge in [0.15, 0.2) is 10.8 Å². The lowest BCUT2D eigenvalue weighted by molar-refractivity contribution is 0.0945. The van der Waals surface area contributed by atoms with Gasteiger partial charge in [0.2, 0.25) is 0 Å². The molecule has 0 aliphatic carbocycles. The Labute approximate surface area is 115 Å². The molecule has 0 bridgehead atoms. The van der Waals surface area contributed by atoms with Gasteiger partial charge in [0.1, 0.15) is 5.75 Å². The van der Waals surface area contributed by atoms with Gasteiger partial charge in [-0.3, -0.25) is 4.79 Å². The molecule has 19 heavy (non-hydrogen) atoms. The second-order valence-corrected chi connectivity index (χ2v) is 4.16. The van der Waals surface area contributed by atoms with Gasteiger partial charge in [-0.2, -0.15) is 0 Å². The number of aromatic nitrogens is 2. The molecule has 1 N–H and O–H groups in total. The lowest BCUT2D eigenvalue weighted by Gasteiger charge is -2.06. The fraction of sp³-hybridized carbons (Fsp3) is 0.154. The molecule has 5 nitrogen and oxygen atoms in total. The van der Waals surface area contributed by atoms with E-state index < -0.39 is 0 Å². The summed E-state index contributed by atoms with van der Waals surface area (Å²) in [4.78, 5) is 11.8. The van der Waals surface area contributed by atoms with Gasteiger partial charge in [-0.05, 0) is 29.8 Å². The van der Waals surface area contributed by atoms with Crippen LogP contribution in [0.1, 0.15) is 16.1 Å². The predicted octanol–water partition coefficient (Wildman–Crippen LogP) is 2.07. The quantitative estimate of drug-likeness (QED) is 0.929. The summed E-state index contributed by atoms with van der Waals surface area (Å²) in [6, 6.07) is 10.5. The summed E-state index contributed by atoms with van der Waals surface area (Å²) in [5.74, 6) is 0.449. The maximum atomic E-state index is 11.8. The van der Waals surface area contributed by atoms with E-state index in [1.54, 1.807) is 7.11 Å². The Kier molecular flexibility index (Phi) is 4.30. The number of carbonyl (C=O) groups is 1. The summed E-state index contributed by atoms with van der Waals surface area (Å²) in [6.07, 6.45) is 0. The topological polar surface area (TPSA) is 64.1 Å². The number of methoxy groups -OCH3 is 1. The Hall–Kier alpha value is -2.14. The second kappa shape index (κ2) is 6.15. The summed E-state index contributed by atoms with van der Waals surface area (Å²) in [6.45, 7) is 0.389. The highest BCUT2D eigenvalue weighted by Crippen LogP contribution is 2.12. The number of halogens is 1. The molecule has 0 radical (unpaired) electrons. The monoisotopic (exact) mass is 277 g/mol. The Morgan fingerprint density at radius 3 is 2.84 bits per heavy atom. The average Bonchev–Trinajstić information content (AvgIpc) is 2.46. The Morgan fingerprint density at radius 2 is 2.16 bits per heavy atom. The van der Waals surface area contributed by atoms with E-state index in [0.717, 1.165) is 11.3 Å². The van der Waals surface area contributed by atoms with Crippen LogP contribution in [0.25, 0.3) is 0 Å². The van der Waals surface area contributed by atoms with E-state index in [9.17, 15) is 4.79 Å². The van der Waals surface area contributed by atoms with Crippen molar-refractivity contribution in [2.24, 2.45) is 0 Å². The van der Waals surface area contributed by atoms with Gasteiger partial charge in [-0.1, -0.05) is 23.7 Å². The zero-order chi connectivity index (χ0) is 13.7. The Morgan fingerprint density at radius 1 is 1.32 bits per heavy atom. The molecule has 0 atom stereocenters. The minimum Gasteiger partial charge on any atom is -0.497 e. The molecule has 0 saturated heterocycles. The van der Waals surface area contributed by atoms with E-state index in [0.29, 0.717) is 6.54 Å². The Balaban J connectivity index is 1.98. The first-order valence-corrected chi connectivity index (χ1v) is 5.97. The molecule has 1 aromatic heterocycles. The molecular weight excluding hydrogens is 266 g/mol. The maximum absolute atomic E-state index is 11.8. The second-order valence-electron chi connectivity index (χ2n) is 3.78. The first-order valence-electron chi connectivity index (χ1n) is 5.59. The molecule has 98 valence electrons. The number of carbonyl (C=O) groups excluding carboxylic acids is 1. The minimum atomic E-state index is -0.299. The van der Waals surface area contributed by atoms with Gasteiger partial charge in [0, 0.05) is 6.54 Å². The molecule has 0 saturated carbocycles. The standard InChI is InChI=1S/C13H12ClN3O2/c1-19-10-4-2-3-9(7-10)8-15-13(18)11-5-6-12(14)17-16-11/h2-7H,8H2,1H3,(H,15,18). The van der Waals surface area contributed by atoms with Crippen LogP contribution >= 0.6 is 11.6 Å². The van der Waals surface area contributed by atoms with Gasteiger partial charge < -0.3 is 10.1 Å². The number of benzene rings is 1. The molecule has 0 unspecified atom stereocenters. The van der Waals surface area contributed by atoms with Crippen molar-refractivity contribution in [3.63, 3.8) is 0 Å². The fourth-order valence-corrected chi connectivity index (χ4v) is 1.59. The van der Waals surface area contributed by atoms with Crippen LogP contribution < -0.4 is 10.1 Å². The van der Waals surface area contributed by atoms with E-state index in [4.69, 9.17) is 16.3 Å².